The Morgan fingerprint density at radius 2 is 0.583 bits per heavy atom. The summed E-state index contributed by atoms with van der Waals surface area (Å²) >= 11 is 0. The maximum atomic E-state index is 11.8. The fourth-order valence-electron chi connectivity index (χ4n) is 0.634. The van der Waals surface area contributed by atoms with Crippen molar-refractivity contribution in [2.24, 2.45) is 0 Å². The van der Waals surface area contributed by atoms with Crippen LogP contribution < -0.4 is 0 Å². The van der Waals surface area contributed by atoms with Gasteiger partial charge in [0, 0.05) is 0 Å². The number of rotatable bonds is 4. The van der Waals surface area contributed by atoms with Gasteiger partial charge in [-0.1, -0.05) is 13.2 Å². The van der Waals surface area contributed by atoms with Gasteiger partial charge in [-0.25, -0.2) is 0 Å². The Bertz CT molecular complexity index is 395. The molecule has 0 aliphatic heterocycles. The van der Waals surface area contributed by atoms with Gasteiger partial charge >= 0.3 is 36.0 Å². The molecule has 0 spiro atoms. The van der Waals surface area contributed by atoms with Crippen molar-refractivity contribution < 1.29 is 61.5 Å². The van der Waals surface area contributed by atoms with Crippen molar-refractivity contribution in [2.75, 3.05) is 0 Å². The van der Waals surface area contributed by atoms with Crippen LogP contribution in [-0.2, 0) is 0 Å². The molecule has 0 unspecified atom stereocenters. The van der Waals surface area contributed by atoms with Crippen molar-refractivity contribution in [1.82, 2.24) is 0 Å². The van der Waals surface area contributed by atoms with E-state index < -0.39 is 48.2 Å². The summed E-state index contributed by atoms with van der Waals surface area (Å²) in [6, 6.07) is 0. The lowest BCUT2D eigenvalue weighted by molar-refractivity contribution is -0.342. The van der Waals surface area contributed by atoms with Crippen molar-refractivity contribution >= 4 is 0 Å². The average Bonchev–Trinajstić information content (AvgIpc) is 2.36. The Hall–Kier alpha value is -1.50. The second-order valence-electron chi connectivity index (χ2n) is 3.80. The first-order valence-electron chi connectivity index (χ1n) is 5.04. The third kappa shape index (κ3) is 4.75. The molecule has 0 aromatic carbocycles. The molecular weight excluding hydrogens is 386 g/mol. The molecular formula is C10H6F14. The van der Waals surface area contributed by atoms with Crippen LogP contribution in [0.2, 0.25) is 0 Å². The van der Waals surface area contributed by atoms with E-state index in [1.807, 2.05) is 0 Å². The van der Waals surface area contributed by atoms with Gasteiger partial charge in [0.2, 0.25) is 0 Å². The summed E-state index contributed by atoms with van der Waals surface area (Å²) in [5, 5.41) is 0. The summed E-state index contributed by atoms with van der Waals surface area (Å²) in [6.07, 6.45) is -14.0. The average molecular weight is 392 g/mol. The Morgan fingerprint density at radius 3 is 0.625 bits per heavy atom. The lowest BCUT2D eigenvalue weighted by Gasteiger charge is -2.25. The fraction of sp³-hybridized carbons (Fsp3) is 0.600. The Balaban J connectivity index is 0. The molecule has 0 aliphatic carbocycles. The molecule has 0 aromatic rings. The zero-order valence-corrected chi connectivity index (χ0v) is 10.9. The minimum Gasteiger partial charge on any atom is -0.195 e. The fourth-order valence-corrected chi connectivity index (χ4v) is 0.634. The first-order valence-corrected chi connectivity index (χ1v) is 5.04. The molecule has 0 saturated heterocycles. The predicted octanol–water partition coefficient (Wildman–Crippen LogP) is 6.01. The summed E-state index contributed by atoms with van der Waals surface area (Å²) in [4.78, 5) is 0. The maximum absolute atomic E-state index is 11.8. The van der Waals surface area contributed by atoms with Crippen molar-refractivity contribution in [2.45, 2.75) is 36.0 Å². The van der Waals surface area contributed by atoms with Crippen LogP contribution in [0.3, 0.4) is 0 Å². The molecule has 0 rings (SSSR count). The first kappa shape index (κ1) is 24.7. The van der Waals surface area contributed by atoms with E-state index in [-0.39, 0.29) is 0 Å². The van der Waals surface area contributed by atoms with Gasteiger partial charge in [-0.15, -0.1) is 0 Å². The Labute approximate surface area is 124 Å². The topological polar surface area (TPSA) is 0 Å². The zero-order valence-electron chi connectivity index (χ0n) is 10.9. The lowest BCUT2D eigenvalue weighted by atomic mass is 10.1. The molecule has 0 amide bonds. The number of halogens is 14. The number of hydrogen-bond acceptors (Lipinski definition) is 0. The predicted molar refractivity (Wildman–Crippen MR) is 52.3 cm³/mol. The molecule has 0 saturated carbocycles. The summed E-state index contributed by atoms with van der Waals surface area (Å²) in [5.74, 6) is -22.7. The van der Waals surface area contributed by atoms with Gasteiger partial charge < -0.3 is 0 Å². The van der Waals surface area contributed by atoms with Crippen LogP contribution in [0.15, 0.2) is 25.3 Å². The van der Waals surface area contributed by atoms with Crippen molar-refractivity contribution in [3.05, 3.63) is 25.3 Å². The minimum atomic E-state index is -6.27. The molecule has 24 heavy (non-hydrogen) atoms. The van der Waals surface area contributed by atoms with Crippen LogP contribution in [0.5, 0.6) is 0 Å². The second kappa shape index (κ2) is 6.78. The normalized spacial score (nSPS) is 14.6. The summed E-state index contributed by atoms with van der Waals surface area (Å²) in [7, 11) is 0. The first-order chi connectivity index (χ1) is 10.1. The molecule has 14 heteroatoms. The highest BCUT2D eigenvalue weighted by atomic mass is 19.4. The van der Waals surface area contributed by atoms with E-state index in [0.717, 1.165) is 0 Å². The van der Waals surface area contributed by atoms with E-state index in [2.05, 4.69) is 13.2 Å². The molecule has 0 aromatic heterocycles. The van der Waals surface area contributed by atoms with E-state index in [0.29, 0.717) is 0 Å². The highest BCUT2D eigenvalue weighted by Gasteiger charge is 2.72. The van der Waals surface area contributed by atoms with Gasteiger partial charge in [-0.3, -0.25) is 0 Å². The maximum Gasteiger partial charge on any atom is 0.460 e. The number of alkyl halides is 14. The van der Waals surface area contributed by atoms with Gasteiger partial charge in [0.05, 0.1) is 0 Å². The summed E-state index contributed by atoms with van der Waals surface area (Å²) in [6.45, 7) is 4.36. The van der Waals surface area contributed by atoms with Crippen LogP contribution in [0, 0.1) is 0 Å². The van der Waals surface area contributed by atoms with Crippen molar-refractivity contribution in [1.29, 1.82) is 0 Å². The number of hydrogen-bond donors (Lipinski definition) is 0. The van der Waals surface area contributed by atoms with E-state index >= 15 is 0 Å². The van der Waals surface area contributed by atoms with Gasteiger partial charge in [0.1, 0.15) is 0 Å². The van der Waals surface area contributed by atoms with Crippen molar-refractivity contribution in [3.8, 4) is 0 Å². The molecule has 144 valence electrons. The van der Waals surface area contributed by atoms with Crippen LogP contribution in [0.1, 0.15) is 0 Å². The second-order valence-corrected chi connectivity index (χ2v) is 3.80. The molecule has 0 aliphatic rings. The molecule has 0 fully saturated rings. The largest absolute Gasteiger partial charge is 0.460 e. The molecule has 0 bridgehead atoms. The highest BCUT2D eigenvalue weighted by molar-refractivity contribution is 5.02. The van der Waals surface area contributed by atoms with Crippen LogP contribution in [0.25, 0.3) is 0 Å². The van der Waals surface area contributed by atoms with E-state index in [4.69, 9.17) is 0 Å². The molecule has 0 heterocycles. The number of allylic oxidation sites excluding steroid dienone is 2. The smallest absolute Gasteiger partial charge is 0.195 e. The Morgan fingerprint density at radius 1 is 0.417 bits per heavy atom. The van der Waals surface area contributed by atoms with E-state index in [1.54, 1.807) is 0 Å². The van der Waals surface area contributed by atoms with E-state index in [9.17, 15) is 61.5 Å². The van der Waals surface area contributed by atoms with Gasteiger partial charge in [0.15, 0.2) is 0 Å². The molecule has 0 nitrogen and oxygen atoms in total. The van der Waals surface area contributed by atoms with Crippen LogP contribution in [0.4, 0.5) is 61.5 Å². The SMILES string of the molecule is C=CC(F)(F)C(F)(F)C(F)(F)F.C=CC(F)(F)C(F)(F)C(F)(F)F. The third-order valence-corrected chi connectivity index (χ3v) is 2.06. The quantitative estimate of drug-likeness (QED) is 0.406. The van der Waals surface area contributed by atoms with Gasteiger partial charge in [-0.2, -0.15) is 61.5 Å². The summed E-state index contributed by atoms with van der Waals surface area (Å²) in [5.41, 5.74) is 0. The minimum absolute atomic E-state index is 0.736. The summed E-state index contributed by atoms with van der Waals surface area (Å²) < 4.78 is 162. The van der Waals surface area contributed by atoms with Gasteiger partial charge in [-0.05, 0) is 12.2 Å². The standard InChI is InChI=1S/2C5H3F7/c2*1-2-3(6,7)4(8,9)5(10,11)12/h2*2H,1H2. The zero-order chi connectivity index (χ0) is 20.4. The monoisotopic (exact) mass is 392 g/mol. The lowest BCUT2D eigenvalue weighted by Crippen LogP contribution is -2.50. The van der Waals surface area contributed by atoms with Crippen LogP contribution in [-0.4, -0.2) is 36.0 Å². The Kier molecular flexibility index (Phi) is 6.99. The molecule has 0 atom stereocenters. The molecule has 0 radical (unpaired) electrons. The van der Waals surface area contributed by atoms with Gasteiger partial charge in [0.25, 0.3) is 0 Å². The molecule has 0 N–H and O–H groups in total. The third-order valence-electron chi connectivity index (χ3n) is 2.06. The van der Waals surface area contributed by atoms with Crippen LogP contribution >= 0.6 is 0 Å². The highest BCUT2D eigenvalue weighted by Crippen LogP contribution is 2.47. The van der Waals surface area contributed by atoms with E-state index in [1.165, 1.54) is 0 Å². The van der Waals surface area contributed by atoms with Crippen molar-refractivity contribution in [3.63, 3.8) is 0 Å².